The summed E-state index contributed by atoms with van der Waals surface area (Å²) in [5, 5.41) is 0. The Kier molecular flexibility index (Phi) is 3.55. The molecule has 2 saturated heterocycles. The van der Waals surface area contributed by atoms with Crippen LogP contribution in [0.1, 0.15) is 19.8 Å². The van der Waals surface area contributed by atoms with Crippen LogP contribution in [-0.2, 0) is 0 Å². The maximum atomic E-state index is 4.93. The second-order valence-electron chi connectivity index (χ2n) is 5.93. The van der Waals surface area contributed by atoms with E-state index in [9.17, 15) is 0 Å². The van der Waals surface area contributed by atoms with Gasteiger partial charge in [0.1, 0.15) is 0 Å². The molecule has 0 spiro atoms. The van der Waals surface area contributed by atoms with Crippen molar-refractivity contribution >= 4 is 17.3 Å². The molecule has 4 nitrogen and oxygen atoms in total. The molecule has 0 bridgehead atoms. The van der Waals surface area contributed by atoms with Crippen molar-refractivity contribution in [1.29, 1.82) is 0 Å². The Labute approximate surface area is 121 Å². The first-order valence-electron chi connectivity index (χ1n) is 7.53. The van der Waals surface area contributed by atoms with Gasteiger partial charge in [-0.2, -0.15) is 0 Å². The summed E-state index contributed by atoms with van der Waals surface area (Å²) < 4.78 is 0. The Bertz CT molecular complexity index is 499. The van der Waals surface area contributed by atoms with Crippen LogP contribution in [0.5, 0.6) is 0 Å². The van der Waals surface area contributed by atoms with E-state index in [4.69, 9.17) is 4.99 Å². The molecular formula is C16H24N4. The van der Waals surface area contributed by atoms with Crippen LogP contribution in [0.4, 0.5) is 11.4 Å². The first-order chi connectivity index (χ1) is 9.66. The number of anilines is 1. The largest absolute Gasteiger partial charge is 0.367 e. The van der Waals surface area contributed by atoms with Gasteiger partial charge in [-0.1, -0.05) is 12.1 Å². The molecule has 2 aliphatic heterocycles. The number of benzene rings is 1. The Morgan fingerprint density at radius 2 is 1.75 bits per heavy atom. The van der Waals surface area contributed by atoms with Crippen molar-refractivity contribution in [1.82, 2.24) is 9.80 Å². The highest BCUT2D eigenvalue weighted by Crippen LogP contribution is 2.34. The molecule has 0 N–H and O–H groups in total. The normalized spacial score (nSPS) is 22.9. The lowest BCUT2D eigenvalue weighted by Gasteiger charge is -2.26. The lowest BCUT2D eigenvalue weighted by molar-refractivity contribution is 0.553. The van der Waals surface area contributed by atoms with Crippen LogP contribution < -0.4 is 4.90 Å². The van der Waals surface area contributed by atoms with Crippen molar-refractivity contribution in [3.8, 4) is 0 Å². The van der Waals surface area contributed by atoms with Crippen LogP contribution in [0.25, 0.3) is 0 Å². The van der Waals surface area contributed by atoms with Gasteiger partial charge in [0.2, 0.25) is 5.96 Å². The molecule has 0 aromatic heterocycles. The van der Waals surface area contributed by atoms with Gasteiger partial charge in [0.15, 0.2) is 0 Å². The third-order valence-corrected chi connectivity index (χ3v) is 4.42. The number of hydrogen-bond acceptors (Lipinski definition) is 2. The molecule has 2 heterocycles. The highest BCUT2D eigenvalue weighted by molar-refractivity contribution is 5.86. The van der Waals surface area contributed by atoms with E-state index in [1.54, 1.807) is 0 Å². The number of para-hydroxylation sites is 2. The molecule has 0 saturated carbocycles. The van der Waals surface area contributed by atoms with Crippen LogP contribution in [0.15, 0.2) is 29.3 Å². The fraction of sp³-hybridized carbons (Fsp3) is 0.562. The molecule has 0 aliphatic carbocycles. The fourth-order valence-corrected chi connectivity index (χ4v) is 3.16. The Morgan fingerprint density at radius 1 is 1.05 bits per heavy atom. The summed E-state index contributed by atoms with van der Waals surface area (Å²) in [6.07, 6.45) is 2.57. The summed E-state index contributed by atoms with van der Waals surface area (Å²) in [5.74, 6) is 1.07. The Morgan fingerprint density at radius 3 is 2.40 bits per heavy atom. The summed E-state index contributed by atoms with van der Waals surface area (Å²) in [6, 6.07) is 9.16. The first kappa shape index (κ1) is 13.3. The molecule has 2 aliphatic rings. The van der Waals surface area contributed by atoms with Gasteiger partial charge in [-0.15, -0.1) is 0 Å². The van der Waals surface area contributed by atoms with Gasteiger partial charge >= 0.3 is 0 Å². The van der Waals surface area contributed by atoms with Crippen molar-refractivity contribution in [3.63, 3.8) is 0 Å². The van der Waals surface area contributed by atoms with Gasteiger partial charge in [-0.25, -0.2) is 4.99 Å². The maximum absolute atomic E-state index is 4.93. The summed E-state index contributed by atoms with van der Waals surface area (Å²) >= 11 is 0. The van der Waals surface area contributed by atoms with Crippen molar-refractivity contribution in [2.24, 2.45) is 4.99 Å². The zero-order valence-corrected chi connectivity index (χ0v) is 12.7. The zero-order valence-electron chi connectivity index (χ0n) is 12.7. The lowest BCUT2D eigenvalue weighted by Crippen LogP contribution is -2.29. The van der Waals surface area contributed by atoms with E-state index in [1.165, 1.54) is 18.5 Å². The summed E-state index contributed by atoms with van der Waals surface area (Å²) in [5.41, 5.74) is 2.37. The topological polar surface area (TPSA) is 22.1 Å². The smallest absolute Gasteiger partial charge is 0.201 e. The van der Waals surface area contributed by atoms with Crippen molar-refractivity contribution < 1.29 is 0 Å². The average Bonchev–Trinajstić information content (AvgIpc) is 3.00. The molecule has 3 rings (SSSR count). The van der Waals surface area contributed by atoms with Crippen LogP contribution in [-0.4, -0.2) is 55.5 Å². The predicted octanol–water partition coefficient (Wildman–Crippen LogP) is 2.54. The van der Waals surface area contributed by atoms with Gasteiger partial charge in [-0.05, 0) is 31.9 Å². The highest BCUT2D eigenvalue weighted by Gasteiger charge is 2.24. The molecule has 1 aromatic carbocycles. The monoisotopic (exact) mass is 272 g/mol. The highest BCUT2D eigenvalue weighted by atomic mass is 15.4. The number of guanidine groups is 1. The molecule has 2 fully saturated rings. The molecule has 1 aromatic rings. The van der Waals surface area contributed by atoms with E-state index in [2.05, 4.69) is 60.0 Å². The van der Waals surface area contributed by atoms with Gasteiger partial charge in [0.25, 0.3) is 0 Å². The van der Waals surface area contributed by atoms with E-state index in [0.717, 1.165) is 31.3 Å². The van der Waals surface area contributed by atoms with Gasteiger partial charge in [-0.3, -0.25) is 0 Å². The molecular weight excluding hydrogens is 248 g/mol. The number of likely N-dealkylation sites (N-methyl/N-ethyl adjacent to an activating group) is 2. The number of rotatable bonds is 2. The van der Waals surface area contributed by atoms with Crippen LogP contribution >= 0.6 is 0 Å². The molecule has 4 heteroatoms. The van der Waals surface area contributed by atoms with Crippen molar-refractivity contribution in [2.45, 2.75) is 25.8 Å². The lowest BCUT2D eigenvalue weighted by atomic mass is 10.2. The van der Waals surface area contributed by atoms with E-state index < -0.39 is 0 Å². The van der Waals surface area contributed by atoms with Gasteiger partial charge in [0.05, 0.1) is 11.4 Å². The minimum absolute atomic E-state index is 0.621. The van der Waals surface area contributed by atoms with Crippen LogP contribution in [0, 0.1) is 0 Å². The molecule has 20 heavy (non-hydrogen) atoms. The zero-order chi connectivity index (χ0) is 14.1. The number of nitrogens with zero attached hydrogens (tertiary/aromatic N) is 4. The molecule has 108 valence electrons. The Balaban J connectivity index is 1.96. The van der Waals surface area contributed by atoms with E-state index in [0.29, 0.717) is 6.04 Å². The Hall–Kier alpha value is -1.71. The third-order valence-electron chi connectivity index (χ3n) is 4.42. The fourth-order valence-electron chi connectivity index (χ4n) is 3.16. The maximum Gasteiger partial charge on any atom is 0.201 e. The molecule has 1 atom stereocenters. The SMILES string of the molecule is CC1CCCN1c1ccccc1N=C1N(C)CCN1C. The minimum Gasteiger partial charge on any atom is -0.367 e. The average molecular weight is 272 g/mol. The summed E-state index contributed by atoms with van der Waals surface area (Å²) in [7, 11) is 4.23. The van der Waals surface area contributed by atoms with Crippen molar-refractivity contribution in [3.05, 3.63) is 24.3 Å². The van der Waals surface area contributed by atoms with E-state index in [1.807, 2.05) is 0 Å². The summed E-state index contributed by atoms with van der Waals surface area (Å²) in [6.45, 7) is 5.56. The van der Waals surface area contributed by atoms with E-state index in [-0.39, 0.29) is 0 Å². The number of hydrogen-bond donors (Lipinski definition) is 0. The summed E-state index contributed by atoms with van der Waals surface area (Å²) in [4.78, 5) is 11.9. The van der Waals surface area contributed by atoms with Crippen molar-refractivity contribution in [2.75, 3.05) is 38.6 Å². The molecule has 0 radical (unpaired) electrons. The minimum atomic E-state index is 0.621. The second-order valence-corrected chi connectivity index (χ2v) is 5.93. The second kappa shape index (κ2) is 5.35. The third kappa shape index (κ3) is 2.35. The van der Waals surface area contributed by atoms with Crippen LogP contribution in [0.2, 0.25) is 0 Å². The first-order valence-corrected chi connectivity index (χ1v) is 7.53. The predicted molar refractivity (Wildman–Crippen MR) is 84.8 cm³/mol. The number of aliphatic imine (C=N–C) groups is 1. The van der Waals surface area contributed by atoms with Crippen LogP contribution in [0.3, 0.4) is 0 Å². The van der Waals surface area contributed by atoms with Gasteiger partial charge < -0.3 is 14.7 Å². The standard InChI is InChI=1S/C16H24N4/c1-13-7-6-10-20(13)15-9-5-4-8-14(15)17-16-18(2)11-12-19(16)3/h4-5,8-9,13H,6-7,10-12H2,1-3H3. The molecule has 0 amide bonds. The molecule has 1 unspecified atom stereocenters. The van der Waals surface area contributed by atoms with E-state index >= 15 is 0 Å². The van der Waals surface area contributed by atoms with Gasteiger partial charge in [0, 0.05) is 39.8 Å². The quantitative estimate of drug-likeness (QED) is 0.826.